The maximum atomic E-state index is 10.8. The van der Waals surface area contributed by atoms with E-state index < -0.39 is 11.1 Å². The lowest BCUT2D eigenvalue weighted by Crippen LogP contribution is -2.26. The van der Waals surface area contributed by atoms with E-state index in [2.05, 4.69) is 11.9 Å². The van der Waals surface area contributed by atoms with Gasteiger partial charge in [0.15, 0.2) is 0 Å². The van der Waals surface area contributed by atoms with Crippen molar-refractivity contribution in [1.29, 1.82) is 0 Å². The first-order valence-electron chi connectivity index (χ1n) is 5.55. The summed E-state index contributed by atoms with van der Waals surface area (Å²) in [4.78, 5) is 2.74. The molecular weight excluding hydrogens is 222 g/mol. The van der Waals surface area contributed by atoms with Crippen LogP contribution < -0.4 is 0 Å². The molecule has 16 heavy (non-hydrogen) atoms. The van der Waals surface area contributed by atoms with E-state index in [-0.39, 0.29) is 0 Å². The van der Waals surface area contributed by atoms with Gasteiger partial charge in [0, 0.05) is 10.9 Å². The lowest BCUT2D eigenvalue weighted by atomic mass is 10.0. The predicted molar refractivity (Wildman–Crippen MR) is 63.0 cm³/mol. The third-order valence-electron chi connectivity index (χ3n) is 3.23. The van der Waals surface area contributed by atoms with Crippen LogP contribution in [0.5, 0.6) is 0 Å². The van der Waals surface area contributed by atoms with E-state index in [1.165, 1.54) is 12.8 Å². The molecule has 2 rings (SSSR count). The molecule has 1 saturated heterocycles. The van der Waals surface area contributed by atoms with Crippen molar-refractivity contribution >= 4 is 11.1 Å². The molecule has 0 saturated carbocycles. The van der Waals surface area contributed by atoms with Gasteiger partial charge in [0.2, 0.25) is 0 Å². The van der Waals surface area contributed by atoms with Gasteiger partial charge in [-0.25, -0.2) is 0 Å². The minimum atomic E-state index is -2.11. The molecule has 4 heteroatoms. The van der Waals surface area contributed by atoms with Gasteiger partial charge < -0.3 is 9.45 Å². The lowest BCUT2D eigenvalue weighted by Gasteiger charge is -2.19. The first kappa shape index (κ1) is 11.8. The van der Waals surface area contributed by atoms with Crippen LogP contribution in [0.3, 0.4) is 0 Å². The maximum Gasteiger partial charge on any atom is 0.0251 e. The first-order chi connectivity index (χ1) is 7.66. The summed E-state index contributed by atoms with van der Waals surface area (Å²) in [5, 5.41) is 0. The van der Waals surface area contributed by atoms with E-state index in [9.17, 15) is 8.76 Å². The van der Waals surface area contributed by atoms with Gasteiger partial charge >= 0.3 is 0 Å². The second-order valence-electron chi connectivity index (χ2n) is 4.36. The Labute approximate surface area is 98.8 Å². The van der Waals surface area contributed by atoms with Crippen LogP contribution in [0.2, 0.25) is 0 Å². The van der Waals surface area contributed by atoms with Crippen molar-refractivity contribution in [3.8, 4) is 0 Å². The molecule has 0 bridgehead atoms. The van der Waals surface area contributed by atoms with Crippen LogP contribution in [0.1, 0.15) is 18.4 Å². The normalized spacial score (nSPS) is 23.5. The summed E-state index contributed by atoms with van der Waals surface area (Å²) in [6.07, 6.45) is 3.40. The Balaban J connectivity index is 2.09. The average molecular weight is 238 g/mol. The quantitative estimate of drug-likeness (QED) is 0.751. The van der Waals surface area contributed by atoms with Gasteiger partial charge in [-0.1, -0.05) is 12.1 Å². The zero-order valence-electron chi connectivity index (χ0n) is 9.39. The van der Waals surface area contributed by atoms with Gasteiger partial charge in [0.1, 0.15) is 0 Å². The summed E-state index contributed by atoms with van der Waals surface area (Å²) in [5.41, 5.74) is 1.11. The summed E-state index contributed by atoms with van der Waals surface area (Å²) >= 11 is -2.11. The molecule has 0 N–H and O–H groups in total. The first-order valence-corrected chi connectivity index (χ1v) is 6.63. The Kier molecular flexibility index (Phi) is 3.74. The predicted octanol–water partition coefficient (Wildman–Crippen LogP) is 1.56. The molecule has 1 aliphatic heterocycles. The van der Waals surface area contributed by atoms with Crippen molar-refractivity contribution in [1.82, 2.24) is 4.90 Å². The van der Waals surface area contributed by atoms with Crippen LogP contribution in [0.4, 0.5) is 0 Å². The monoisotopic (exact) mass is 238 g/mol. The highest BCUT2D eigenvalue weighted by Crippen LogP contribution is 2.20. The molecule has 1 aromatic rings. The zero-order valence-corrected chi connectivity index (χ0v) is 10.2. The largest absolute Gasteiger partial charge is 0.768 e. The van der Waals surface area contributed by atoms with Gasteiger partial charge in [-0.2, -0.15) is 0 Å². The maximum absolute atomic E-state index is 10.8. The van der Waals surface area contributed by atoms with Crippen molar-refractivity contribution < 1.29 is 8.76 Å². The van der Waals surface area contributed by atoms with E-state index in [1.54, 1.807) is 12.1 Å². The van der Waals surface area contributed by atoms with E-state index >= 15 is 0 Å². The zero-order chi connectivity index (χ0) is 11.5. The SMILES string of the molecule is CN1CCC[C@@H]1Cc1cccc(S(=O)[O-])c1. The summed E-state index contributed by atoms with van der Waals surface area (Å²) in [6.45, 7) is 1.15. The smallest absolute Gasteiger partial charge is 0.0251 e. The average Bonchev–Trinajstić information content (AvgIpc) is 2.65. The fourth-order valence-electron chi connectivity index (χ4n) is 2.29. The number of rotatable bonds is 3. The van der Waals surface area contributed by atoms with Crippen LogP contribution in [-0.4, -0.2) is 33.3 Å². The Hall–Kier alpha value is -0.710. The molecule has 0 aliphatic carbocycles. The lowest BCUT2D eigenvalue weighted by molar-refractivity contribution is 0.309. The van der Waals surface area contributed by atoms with Crippen LogP contribution in [-0.2, 0) is 17.5 Å². The molecule has 1 fully saturated rings. The van der Waals surface area contributed by atoms with E-state index in [1.807, 2.05) is 12.1 Å². The van der Waals surface area contributed by atoms with Crippen molar-refractivity contribution in [3.05, 3.63) is 29.8 Å². The summed E-state index contributed by atoms with van der Waals surface area (Å²) in [7, 11) is 2.13. The number of likely N-dealkylation sites (N-methyl/N-ethyl adjacent to an activating group) is 1. The van der Waals surface area contributed by atoms with Crippen molar-refractivity contribution in [2.45, 2.75) is 30.2 Å². The Bertz CT molecular complexity index is 394. The highest BCUT2D eigenvalue weighted by Gasteiger charge is 2.20. The van der Waals surface area contributed by atoms with E-state index in [0.29, 0.717) is 10.9 Å². The van der Waals surface area contributed by atoms with Crippen LogP contribution in [0.15, 0.2) is 29.2 Å². The molecule has 1 aromatic carbocycles. The molecular formula is C12H16NO2S-. The highest BCUT2D eigenvalue weighted by atomic mass is 32.2. The second kappa shape index (κ2) is 5.08. The van der Waals surface area contributed by atoms with Gasteiger partial charge in [-0.05, 0) is 61.6 Å². The van der Waals surface area contributed by atoms with Gasteiger partial charge in [0.25, 0.3) is 0 Å². The fraction of sp³-hybridized carbons (Fsp3) is 0.500. The number of benzene rings is 1. The molecule has 2 atom stereocenters. The minimum Gasteiger partial charge on any atom is -0.768 e. The fourth-order valence-corrected chi connectivity index (χ4v) is 2.72. The molecule has 3 nitrogen and oxygen atoms in total. The molecule has 1 unspecified atom stereocenters. The van der Waals surface area contributed by atoms with Crippen LogP contribution in [0, 0.1) is 0 Å². The molecule has 0 aromatic heterocycles. The van der Waals surface area contributed by atoms with E-state index in [4.69, 9.17) is 0 Å². The minimum absolute atomic E-state index is 0.387. The number of hydrogen-bond donors (Lipinski definition) is 0. The van der Waals surface area contributed by atoms with Crippen molar-refractivity contribution in [3.63, 3.8) is 0 Å². The van der Waals surface area contributed by atoms with Gasteiger partial charge in [-0.3, -0.25) is 4.21 Å². The van der Waals surface area contributed by atoms with Crippen molar-refractivity contribution in [2.75, 3.05) is 13.6 Å². The van der Waals surface area contributed by atoms with Crippen LogP contribution in [0.25, 0.3) is 0 Å². The number of nitrogens with zero attached hydrogens (tertiary/aromatic N) is 1. The number of likely N-dealkylation sites (tertiary alicyclic amines) is 1. The van der Waals surface area contributed by atoms with Gasteiger partial charge in [0.05, 0.1) is 0 Å². The number of hydrogen-bond acceptors (Lipinski definition) is 3. The molecule has 0 spiro atoms. The molecule has 0 amide bonds. The molecule has 1 aliphatic rings. The molecule has 88 valence electrons. The Morgan fingerprint density at radius 2 is 2.38 bits per heavy atom. The topological polar surface area (TPSA) is 43.4 Å². The van der Waals surface area contributed by atoms with Crippen LogP contribution >= 0.6 is 0 Å². The second-order valence-corrected chi connectivity index (χ2v) is 5.30. The van der Waals surface area contributed by atoms with Gasteiger partial charge in [-0.15, -0.1) is 0 Å². The molecule has 0 radical (unpaired) electrons. The Morgan fingerprint density at radius 3 is 3.00 bits per heavy atom. The third-order valence-corrected chi connectivity index (χ3v) is 3.87. The van der Waals surface area contributed by atoms with Crippen molar-refractivity contribution in [2.24, 2.45) is 0 Å². The highest BCUT2D eigenvalue weighted by molar-refractivity contribution is 7.79. The summed E-state index contributed by atoms with van der Waals surface area (Å²) in [6, 6.07) is 7.79. The summed E-state index contributed by atoms with van der Waals surface area (Å²) < 4.78 is 21.7. The molecule has 1 heterocycles. The van der Waals surface area contributed by atoms with E-state index in [0.717, 1.165) is 18.5 Å². The summed E-state index contributed by atoms with van der Waals surface area (Å²) in [5.74, 6) is 0. The Morgan fingerprint density at radius 1 is 1.56 bits per heavy atom. The third kappa shape index (κ3) is 2.70. The standard InChI is InChI=1S/C12H17NO2S/c1-13-7-3-5-11(13)8-10-4-2-6-12(9-10)16(14)15/h2,4,6,9,11H,3,5,7-8H2,1H3,(H,14,15)/p-1/t11-/m1/s1.